The number of hydrogen-bond donors (Lipinski definition) is 2. The van der Waals surface area contributed by atoms with Crippen LogP contribution in [0.15, 0.2) is 138 Å². The van der Waals surface area contributed by atoms with E-state index in [-0.39, 0.29) is 27.6 Å². The van der Waals surface area contributed by atoms with E-state index in [0.717, 1.165) is 66.5 Å². The monoisotopic (exact) mass is 817 g/mol. The fourth-order valence-corrected chi connectivity index (χ4v) is 8.33. The van der Waals surface area contributed by atoms with Crippen molar-refractivity contribution in [2.45, 2.75) is 56.9 Å². The predicted molar refractivity (Wildman–Crippen MR) is 234 cm³/mol. The topological polar surface area (TPSA) is 114 Å². The molecule has 0 saturated carbocycles. The summed E-state index contributed by atoms with van der Waals surface area (Å²) in [4.78, 5) is 29.4. The van der Waals surface area contributed by atoms with Gasteiger partial charge in [-0.25, -0.2) is 13.2 Å². The lowest BCUT2D eigenvalue weighted by Crippen LogP contribution is -2.43. The molecular formula is C47H48ClN3O6S. The Hall–Kier alpha value is -5.84. The number of esters is 1. The van der Waals surface area contributed by atoms with Crippen LogP contribution in [0.25, 0.3) is 21.9 Å². The highest BCUT2D eigenvalue weighted by atomic mass is 35.5. The Kier molecular flexibility index (Phi) is 14.1. The minimum atomic E-state index is -4.22. The first-order chi connectivity index (χ1) is 28.1. The van der Waals surface area contributed by atoms with Crippen molar-refractivity contribution in [2.75, 3.05) is 29.8 Å². The van der Waals surface area contributed by atoms with Crippen molar-refractivity contribution < 1.29 is 27.5 Å². The Labute approximate surface area is 346 Å². The van der Waals surface area contributed by atoms with Crippen LogP contribution in [-0.2, 0) is 26.0 Å². The van der Waals surface area contributed by atoms with Crippen molar-refractivity contribution in [3.8, 4) is 22.6 Å². The van der Waals surface area contributed by atoms with Crippen LogP contribution in [0.1, 0.15) is 55.5 Å². The lowest BCUT2D eigenvalue weighted by atomic mass is 9.99. The molecule has 1 amide bonds. The van der Waals surface area contributed by atoms with Gasteiger partial charge in [0.05, 0.1) is 23.3 Å². The van der Waals surface area contributed by atoms with E-state index in [2.05, 4.69) is 28.8 Å². The fourth-order valence-electron chi connectivity index (χ4n) is 6.86. The summed E-state index contributed by atoms with van der Waals surface area (Å²) in [5.74, 6) is 0.0350. The van der Waals surface area contributed by atoms with E-state index < -0.39 is 27.9 Å². The number of anilines is 2. The first kappa shape index (κ1) is 41.8. The van der Waals surface area contributed by atoms with E-state index in [1.807, 2.05) is 97.1 Å². The number of hydrogen-bond acceptors (Lipinski definition) is 7. The van der Waals surface area contributed by atoms with Gasteiger partial charge in [0.2, 0.25) is 0 Å². The number of amides is 1. The van der Waals surface area contributed by atoms with Gasteiger partial charge in [0.15, 0.2) is 0 Å². The number of fused-ring (bicyclic) bond motifs is 1. The van der Waals surface area contributed by atoms with Crippen molar-refractivity contribution in [2.24, 2.45) is 0 Å². The van der Waals surface area contributed by atoms with Crippen LogP contribution in [0.3, 0.4) is 0 Å². The molecule has 0 bridgehead atoms. The second kappa shape index (κ2) is 19.5. The average molecular weight is 818 g/mol. The number of nitrogens with one attached hydrogen (secondary N) is 2. The number of unbranched alkanes of at least 4 members (excludes halogenated alkanes) is 2. The second-order valence-corrected chi connectivity index (χ2v) is 16.1. The molecule has 9 nitrogen and oxygen atoms in total. The largest absolute Gasteiger partial charge is 0.467 e. The molecule has 0 aliphatic heterocycles. The third kappa shape index (κ3) is 10.2. The molecule has 11 heteroatoms. The van der Waals surface area contributed by atoms with Crippen molar-refractivity contribution in [3.63, 3.8) is 0 Å². The summed E-state index contributed by atoms with van der Waals surface area (Å²) in [6.07, 6.45) is 4.23. The quantitative estimate of drug-likeness (QED) is 0.0830. The Morgan fingerprint density at radius 3 is 2.14 bits per heavy atom. The van der Waals surface area contributed by atoms with Crippen LogP contribution >= 0.6 is 11.6 Å². The second-order valence-electron chi connectivity index (χ2n) is 14.0. The standard InChI is InChI=1S/C47H48ClN3O6S/c1-4-6-29-51(30-7-5-2)43-20-13-19-39-38(43)18-14-22-45(39)58(54,55)50-41-28-27-35(48)32-40(41)46(52)49-42(47(53)56-3)31-33-23-25-34(26-24-33)37-17-11-12-21-44(37)57-36-15-9-8-10-16-36/h8-28,32,42,50H,4-7,29-31H2,1-3H3,(H,49,52)/t42-/m0/s1. The van der Waals surface area contributed by atoms with Gasteiger partial charge in [-0.15, -0.1) is 0 Å². The molecule has 1 atom stereocenters. The summed E-state index contributed by atoms with van der Waals surface area (Å²) in [5, 5.41) is 4.36. The Balaban J connectivity index is 1.23. The maximum atomic E-state index is 14.2. The highest BCUT2D eigenvalue weighted by molar-refractivity contribution is 7.93. The lowest BCUT2D eigenvalue weighted by Gasteiger charge is -2.26. The van der Waals surface area contributed by atoms with Crippen molar-refractivity contribution in [1.29, 1.82) is 0 Å². The fraction of sp³-hybridized carbons (Fsp3) is 0.234. The van der Waals surface area contributed by atoms with Crippen molar-refractivity contribution >= 4 is 55.6 Å². The molecule has 6 aromatic rings. The number of halogens is 1. The first-order valence-corrected chi connectivity index (χ1v) is 21.4. The molecule has 0 saturated heterocycles. The van der Waals surface area contributed by atoms with Crippen LogP contribution in [0.4, 0.5) is 11.4 Å². The molecule has 0 aliphatic rings. The highest BCUT2D eigenvalue weighted by Crippen LogP contribution is 2.35. The third-order valence-electron chi connectivity index (χ3n) is 9.88. The van der Waals surface area contributed by atoms with Crippen LogP contribution in [-0.4, -0.2) is 46.5 Å². The Morgan fingerprint density at radius 1 is 0.759 bits per heavy atom. The smallest absolute Gasteiger partial charge is 0.328 e. The molecule has 0 spiro atoms. The zero-order chi connectivity index (χ0) is 41.1. The van der Waals surface area contributed by atoms with Gasteiger partial charge in [-0.05, 0) is 72.5 Å². The number of rotatable bonds is 18. The summed E-state index contributed by atoms with van der Waals surface area (Å²) in [5.41, 5.74) is 3.47. The van der Waals surface area contributed by atoms with E-state index in [1.165, 1.54) is 25.3 Å². The molecule has 0 fully saturated rings. The maximum Gasteiger partial charge on any atom is 0.328 e. The van der Waals surface area contributed by atoms with E-state index in [9.17, 15) is 18.0 Å². The summed E-state index contributed by atoms with van der Waals surface area (Å²) in [7, 11) is -2.98. The summed E-state index contributed by atoms with van der Waals surface area (Å²) >= 11 is 6.36. The van der Waals surface area contributed by atoms with E-state index >= 15 is 0 Å². The molecule has 300 valence electrons. The number of carbonyl (C=O) groups is 2. The van der Waals surface area contributed by atoms with Crippen molar-refractivity contribution in [3.05, 3.63) is 150 Å². The minimum Gasteiger partial charge on any atom is -0.467 e. The number of para-hydroxylation sites is 2. The van der Waals surface area contributed by atoms with Gasteiger partial charge in [0.25, 0.3) is 15.9 Å². The first-order valence-electron chi connectivity index (χ1n) is 19.5. The zero-order valence-corrected chi connectivity index (χ0v) is 34.5. The van der Waals surface area contributed by atoms with E-state index in [0.29, 0.717) is 16.9 Å². The lowest BCUT2D eigenvalue weighted by molar-refractivity contribution is -0.142. The average Bonchev–Trinajstić information content (AvgIpc) is 3.24. The van der Waals surface area contributed by atoms with Crippen molar-refractivity contribution in [1.82, 2.24) is 5.32 Å². The van der Waals surface area contributed by atoms with Gasteiger partial charge < -0.3 is 19.7 Å². The number of sulfonamides is 1. The number of benzene rings is 6. The van der Waals surface area contributed by atoms with Gasteiger partial charge in [-0.3, -0.25) is 9.52 Å². The number of ether oxygens (including phenoxy) is 2. The van der Waals surface area contributed by atoms with E-state index in [1.54, 1.807) is 18.2 Å². The predicted octanol–water partition coefficient (Wildman–Crippen LogP) is 10.7. The van der Waals surface area contributed by atoms with Crippen LogP contribution < -0.4 is 19.7 Å². The molecular weight excluding hydrogens is 770 g/mol. The zero-order valence-electron chi connectivity index (χ0n) is 32.9. The molecule has 58 heavy (non-hydrogen) atoms. The molecule has 2 N–H and O–H groups in total. The van der Waals surface area contributed by atoms with Gasteiger partial charge >= 0.3 is 5.97 Å². The van der Waals surface area contributed by atoms with E-state index in [4.69, 9.17) is 21.1 Å². The highest BCUT2D eigenvalue weighted by Gasteiger charge is 2.27. The SMILES string of the molecule is CCCCN(CCCC)c1cccc2c(S(=O)(=O)Nc3ccc(Cl)cc3C(=O)N[C@@H](Cc3ccc(-c4ccccc4Oc4ccccc4)cc3)C(=O)OC)cccc12. The minimum absolute atomic E-state index is 0.00642. The maximum absolute atomic E-state index is 14.2. The van der Waals surface area contributed by atoms with Gasteiger partial charge in [-0.2, -0.15) is 0 Å². The third-order valence-corrected chi connectivity index (χ3v) is 11.5. The van der Waals surface area contributed by atoms with Crippen LogP contribution in [0.5, 0.6) is 11.5 Å². The summed E-state index contributed by atoms with van der Waals surface area (Å²) < 4.78 is 42.3. The number of methoxy groups -OCH3 is 1. The molecule has 0 aliphatic carbocycles. The molecule has 6 rings (SSSR count). The Bertz CT molecular complexity index is 2450. The van der Waals surface area contributed by atoms with Gasteiger partial charge in [0, 0.05) is 46.6 Å². The molecule has 0 aromatic heterocycles. The summed E-state index contributed by atoms with van der Waals surface area (Å²) in [6.45, 7) is 6.04. The summed E-state index contributed by atoms with van der Waals surface area (Å²) in [6, 6.07) is 39.0. The molecule has 0 unspecified atom stereocenters. The van der Waals surface area contributed by atoms with Crippen LogP contribution in [0.2, 0.25) is 5.02 Å². The number of nitrogens with zero attached hydrogens (tertiary/aromatic N) is 1. The molecule has 6 aromatic carbocycles. The van der Waals surface area contributed by atoms with Gasteiger partial charge in [-0.1, -0.05) is 123 Å². The molecule has 0 radical (unpaired) electrons. The number of carbonyl (C=O) groups excluding carboxylic acids is 2. The Morgan fingerprint density at radius 2 is 1.43 bits per heavy atom. The normalized spacial score (nSPS) is 11.8. The van der Waals surface area contributed by atoms with Gasteiger partial charge in [0.1, 0.15) is 17.5 Å². The molecule has 0 heterocycles. The van der Waals surface area contributed by atoms with Crippen LogP contribution in [0, 0.1) is 0 Å².